The topological polar surface area (TPSA) is 33.5 Å². The van der Waals surface area contributed by atoms with Crippen LogP contribution in [0.2, 0.25) is 0 Å². The third-order valence-electron chi connectivity index (χ3n) is 4.99. The van der Waals surface area contributed by atoms with E-state index in [-0.39, 0.29) is 26.8 Å². The van der Waals surface area contributed by atoms with Crippen molar-refractivity contribution in [1.82, 2.24) is 0 Å². The summed E-state index contributed by atoms with van der Waals surface area (Å²) in [5.41, 5.74) is 2.83. The Morgan fingerprint density at radius 1 is 0.889 bits per heavy atom. The zero-order valence-electron chi connectivity index (χ0n) is 14.8. The minimum atomic E-state index is -0.376. The Bertz CT molecular complexity index is 1150. The average Bonchev–Trinajstić information content (AvgIpc) is 3.18. The Balaban J connectivity index is 1.72. The van der Waals surface area contributed by atoms with Gasteiger partial charge in [-0.2, -0.15) is 0 Å². The van der Waals surface area contributed by atoms with E-state index >= 15 is 0 Å². The molecule has 1 amide bonds. The molecule has 0 bridgehead atoms. The molecule has 1 unspecified atom stereocenters. The van der Waals surface area contributed by atoms with Crippen molar-refractivity contribution in [3.63, 3.8) is 0 Å². The standard InChI is InChI=1S/C23H17NO2Se/c1-24-18-13-7-5-11-16(18)20(23(24)25)21-22(27-15-9-3-2-4-10-15)17-12-6-8-14-19(17)26-21/h2-14,20H,1H3. The van der Waals surface area contributed by atoms with Gasteiger partial charge in [-0.15, -0.1) is 0 Å². The molecule has 0 saturated heterocycles. The van der Waals surface area contributed by atoms with Crippen molar-refractivity contribution in [2.24, 2.45) is 0 Å². The molecule has 0 N–H and O–H groups in total. The fourth-order valence-electron chi connectivity index (χ4n) is 3.68. The molecule has 4 aromatic rings. The van der Waals surface area contributed by atoms with Crippen LogP contribution in [0.4, 0.5) is 5.69 Å². The van der Waals surface area contributed by atoms with Gasteiger partial charge in [-0.1, -0.05) is 0 Å². The molecule has 0 spiro atoms. The molecule has 0 saturated carbocycles. The normalized spacial score (nSPS) is 16.1. The average molecular weight is 418 g/mol. The van der Waals surface area contributed by atoms with Gasteiger partial charge in [-0.05, 0) is 0 Å². The first-order valence-corrected chi connectivity index (χ1v) is 10.6. The monoisotopic (exact) mass is 419 g/mol. The van der Waals surface area contributed by atoms with Crippen molar-refractivity contribution in [2.75, 3.05) is 11.9 Å². The van der Waals surface area contributed by atoms with Gasteiger partial charge < -0.3 is 0 Å². The number of para-hydroxylation sites is 2. The Kier molecular flexibility index (Phi) is 3.89. The van der Waals surface area contributed by atoms with Gasteiger partial charge in [-0.25, -0.2) is 0 Å². The molecule has 1 aliphatic rings. The van der Waals surface area contributed by atoms with Crippen LogP contribution in [-0.4, -0.2) is 27.9 Å². The van der Waals surface area contributed by atoms with Gasteiger partial charge in [0.15, 0.2) is 0 Å². The molecule has 3 aromatic carbocycles. The molecule has 3 nitrogen and oxygen atoms in total. The Hall–Kier alpha value is -2.81. The summed E-state index contributed by atoms with van der Waals surface area (Å²) in [5.74, 6) is 0.487. The zero-order chi connectivity index (χ0) is 18.4. The number of benzene rings is 3. The van der Waals surface area contributed by atoms with Gasteiger partial charge in [0.25, 0.3) is 0 Å². The summed E-state index contributed by atoms with van der Waals surface area (Å²) >= 11 is 0.0551. The molecule has 0 aliphatic carbocycles. The first-order valence-electron chi connectivity index (χ1n) is 8.85. The summed E-state index contributed by atoms with van der Waals surface area (Å²) in [6.07, 6.45) is 0. The molecule has 132 valence electrons. The van der Waals surface area contributed by atoms with E-state index in [0.717, 1.165) is 32.4 Å². The molecule has 4 heteroatoms. The summed E-state index contributed by atoms with van der Waals surface area (Å²) in [6.45, 7) is 0. The van der Waals surface area contributed by atoms with Crippen molar-refractivity contribution in [1.29, 1.82) is 0 Å². The summed E-state index contributed by atoms with van der Waals surface area (Å²) in [5, 5.41) is 1.11. The van der Waals surface area contributed by atoms with Gasteiger partial charge in [0.05, 0.1) is 0 Å². The predicted molar refractivity (Wildman–Crippen MR) is 109 cm³/mol. The van der Waals surface area contributed by atoms with Crippen LogP contribution in [0.25, 0.3) is 11.0 Å². The molecular weight excluding hydrogens is 401 g/mol. The number of rotatable bonds is 3. The fourth-order valence-corrected chi connectivity index (χ4v) is 5.92. The number of hydrogen-bond donors (Lipinski definition) is 0. The second-order valence-corrected chi connectivity index (χ2v) is 8.87. The van der Waals surface area contributed by atoms with Gasteiger partial charge in [-0.3, -0.25) is 0 Å². The maximum absolute atomic E-state index is 13.1. The van der Waals surface area contributed by atoms with E-state index in [1.807, 2.05) is 55.6 Å². The van der Waals surface area contributed by atoms with E-state index in [0.29, 0.717) is 0 Å². The number of hydrogen-bond acceptors (Lipinski definition) is 2. The summed E-state index contributed by atoms with van der Waals surface area (Å²) < 4.78 is 8.73. The first kappa shape index (κ1) is 16.4. The van der Waals surface area contributed by atoms with Crippen molar-refractivity contribution in [2.45, 2.75) is 5.92 Å². The number of amides is 1. The maximum atomic E-state index is 13.1. The van der Waals surface area contributed by atoms with Crippen LogP contribution in [0.15, 0.2) is 83.3 Å². The van der Waals surface area contributed by atoms with Gasteiger partial charge in [0, 0.05) is 0 Å². The zero-order valence-corrected chi connectivity index (χ0v) is 16.5. The second-order valence-electron chi connectivity index (χ2n) is 6.60. The van der Waals surface area contributed by atoms with Crippen molar-refractivity contribution >= 4 is 46.4 Å². The van der Waals surface area contributed by atoms with Crippen molar-refractivity contribution < 1.29 is 9.21 Å². The molecule has 1 aromatic heterocycles. The van der Waals surface area contributed by atoms with Crippen LogP contribution < -0.4 is 13.8 Å². The molecule has 1 atom stereocenters. The van der Waals surface area contributed by atoms with Crippen molar-refractivity contribution in [3.05, 3.63) is 90.2 Å². The van der Waals surface area contributed by atoms with Gasteiger partial charge >= 0.3 is 164 Å². The quantitative estimate of drug-likeness (QED) is 0.479. The number of anilines is 1. The number of furan rings is 1. The van der Waals surface area contributed by atoms with Crippen LogP contribution in [-0.2, 0) is 4.79 Å². The molecule has 5 rings (SSSR count). The summed E-state index contributed by atoms with van der Waals surface area (Å²) in [4.78, 5) is 14.9. The van der Waals surface area contributed by atoms with Crippen molar-refractivity contribution in [3.8, 4) is 0 Å². The van der Waals surface area contributed by atoms with E-state index in [9.17, 15) is 4.79 Å². The fraction of sp³-hybridized carbons (Fsp3) is 0.0870. The minimum absolute atomic E-state index is 0.0551. The van der Waals surface area contributed by atoms with E-state index < -0.39 is 0 Å². The van der Waals surface area contributed by atoms with Crippen LogP contribution in [0.1, 0.15) is 17.2 Å². The molecular formula is C23H17NO2Se. The van der Waals surface area contributed by atoms with Crippen LogP contribution >= 0.6 is 0 Å². The molecule has 2 heterocycles. The van der Waals surface area contributed by atoms with E-state index in [1.165, 1.54) is 4.46 Å². The predicted octanol–water partition coefficient (Wildman–Crippen LogP) is 3.20. The third-order valence-corrected chi connectivity index (χ3v) is 7.36. The Morgan fingerprint density at radius 3 is 2.44 bits per heavy atom. The van der Waals surface area contributed by atoms with Crippen LogP contribution in [0.3, 0.4) is 0 Å². The number of carbonyl (C=O) groups excluding carboxylic acids is 1. The second kappa shape index (κ2) is 6.41. The first-order chi connectivity index (χ1) is 13.2. The molecule has 0 radical (unpaired) electrons. The van der Waals surface area contributed by atoms with E-state index in [4.69, 9.17) is 4.42 Å². The van der Waals surface area contributed by atoms with Gasteiger partial charge in [0.1, 0.15) is 0 Å². The summed E-state index contributed by atoms with van der Waals surface area (Å²) in [7, 11) is 1.84. The van der Waals surface area contributed by atoms with Crippen LogP contribution in [0, 0.1) is 0 Å². The van der Waals surface area contributed by atoms with E-state index in [1.54, 1.807) is 4.90 Å². The Labute approximate surface area is 163 Å². The molecule has 27 heavy (non-hydrogen) atoms. The third kappa shape index (κ3) is 2.61. The Morgan fingerprint density at radius 2 is 1.59 bits per heavy atom. The number of nitrogens with zero attached hydrogens (tertiary/aromatic N) is 1. The SMILES string of the molecule is CN1C(=O)C(c2oc3ccccc3c2[Se]c2ccccc2)c2ccccc21. The molecule has 0 fully saturated rings. The van der Waals surface area contributed by atoms with Gasteiger partial charge in [0.2, 0.25) is 0 Å². The molecule has 1 aliphatic heterocycles. The number of fused-ring (bicyclic) bond motifs is 2. The van der Waals surface area contributed by atoms with E-state index in [2.05, 4.69) is 30.3 Å². The number of carbonyl (C=O) groups is 1. The summed E-state index contributed by atoms with van der Waals surface area (Å²) in [6, 6.07) is 26.5. The number of likely N-dealkylation sites (N-methyl/N-ethyl adjacent to an activating group) is 1. The van der Waals surface area contributed by atoms with Crippen LogP contribution in [0.5, 0.6) is 0 Å².